The normalized spacial score (nSPS) is 14.2. The number of amides is 1. The van der Waals surface area contributed by atoms with E-state index in [1.165, 1.54) is 42.0 Å². The number of fused-ring (bicyclic) bond motifs is 1. The summed E-state index contributed by atoms with van der Waals surface area (Å²) in [6.07, 6.45) is 0.755. The van der Waals surface area contributed by atoms with Crippen LogP contribution < -0.4 is 9.64 Å². The van der Waals surface area contributed by atoms with E-state index in [-0.39, 0.29) is 49.5 Å². The van der Waals surface area contributed by atoms with Crippen LogP contribution in [0, 0.1) is 0 Å². The average molecular weight is 643 g/mol. The lowest BCUT2D eigenvalue weighted by Gasteiger charge is -2.27. The van der Waals surface area contributed by atoms with E-state index in [9.17, 15) is 13.2 Å². The molecule has 0 aliphatic carbocycles. The Hall–Kier alpha value is -2.36. The van der Waals surface area contributed by atoms with Crippen LogP contribution in [0.15, 0.2) is 47.4 Å². The number of sulfonamides is 1. The first-order chi connectivity index (χ1) is 19.9. The molecule has 42 heavy (non-hydrogen) atoms. The number of rotatable bonds is 15. The fraction of sp³-hybridized carbons (Fsp3) is 0.500. The van der Waals surface area contributed by atoms with Gasteiger partial charge in [-0.1, -0.05) is 11.3 Å². The molecule has 3 aromatic rings. The Morgan fingerprint density at radius 1 is 1.00 bits per heavy atom. The van der Waals surface area contributed by atoms with Crippen LogP contribution in [0.5, 0.6) is 5.75 Å². The summed E-state index contributed by atoms with van der Waals surface area (Å²) in [6, 6.07) is 11.7. The summed E-state index contributed by atoms with van der Waals surface area (Å²) in [5, 5.41) is 0.585. The fourth-order valence-electron chi connectivity index (χ4n) is 4.51. The Morgan fingerprint density at radius 3 is 2.29 bits per heavy atom. The van der Waals surface area contributed by atoms with Crippen molar-refractivity contribution in [3.8, 4) is 5.75 Å². The van der Waals surface area contributed by atoms with Gasteiger partial charge in [-0.15, -0.1) is 12.4 Å². The van der Waals surface area contributed by atoms with Gasteiger partial charge in [-0.3, -0.25) is 14.6 Å². The number of anilines is 1. The minimum atomic E-state index is -3.80. The highest BCUT2D eigenvalue weighted by Gasteiger charge is 2.26. The minimum absolute atomic E-state index is 0. The molecule has 14 heteroatoms. The standard InChI is InChI=1S/C28H38N4O7S2.ClH/c1-36-17-15-31(16-18-37-2)41(34,35)24-8-5-22(6-9-24)27(33)32(12-4-11-30-13-19-39-20-14-30)28-29-25-10-7-23(38-3)21-26(25)40-28;/h5-10,21H,4,11-20H2,1-3H3;1H. The quantitative estimate of drug-likeness (QED) is 0.246. The van der Waals surface area contributed by atoms with Gasteiger partial charge in [0.25, 0.3) is 5.91 Å². The third kappa shape index (κ3) is 8.60. The van der Waals surface area contributed by atoms with Crippen molar-refractivity contribution < 1.29 is 32.2 Å². The monoisotopic (exact) mass is 642 g/mol. The summed E-state index contributed by atoms with van der Waals surface area (Å²) in [4.78, 5) is 22.7. The SMILES string of the molecule is COCCN(CCOC)S(=O)(=O)c1ccc(C(=O)N(CCCN2CCOCC2)c2nc3ccc(OC)cc3s2)cc1.Cl. The summed E-state index contributed by atoms with van der Waals surface area (Å²) in [5.41, 5.74) is 1.16. The highest BCUT2D eigenvalue weighted by atomic mass is 35.5. The lowest BCUT2D eigenvalue weighted by atomic mass is 10.2. The van der Waals surface area contributed by atoms with Crippen LogP contribution in [-0.2, 0) is 24.2 Å². The number of ether oxygens (including phenoxy) is 4. The lowest BCUT2D eigenvalue weighted by Crippen LogP contribution is -2.39. The van der Waals surface area contributed by atoms with Crippen LogP contribution in [0.3, 0.4) is 0 Å². The third-order valence-corrected chi connectivity index (χ3v) is 9.80. The molecule has 1 saturated heterocycles. The number of morpholine rings is 1. The molecule has 0 bridgehead atoms. The molecule has 1 aromatic heterocycles. The van der Waals surface area contributed by atoms with E-state index in [0.29, 0.717) is 30.5 Å². The molecule has 1 amide bonds. The van der Waals surface area contributed by atoms with Gasteiger partial charge in [-0.2, -0.15) is 4.31 Å². The molecule has 0 radical (unpaired) electrons. The van der Waals surface area contributed by atoms with Gasteiger partial charge in [0.05, 0.1) is 48.6 Å². The molecule has 4 rings (SSSR count). The van der Waals surface area contributed by atoms with Gasteiger partial charge >= 0.3 is 0 Å². The molecule has 0 N–H and O–H groups in total. The minimum Gasteiger partial charge on any atom is -0.497 e. The predicted octanol–water partition coefficient (Wildman–Crippen LogP) is 3.38. The first-order valence-corrected chi connectivity index (χ1v) is 15.8. The smallest absolute Gasteiger partial charge is 0.260 e. The number of carbonyl (C=O) groups excluding carboxylic acids is 1. The van der Waals surface area contributed by atoms with E-state index in [0.717, 1.165) is 42.0 Å². The number of nitrogens with zero attached hydrogens (tertiary/aromatic N) is 4. The molecule has 2 aromatic carbocycles. The Labute approximate surface area is 257 Å². The highest BCUT2D eigenvalue weighted by molar-refractivity contribution is 7.89. The summed E-state index contributed by atoms with van der Waals surface area (Å²) < 4.78 is 49.8. The Bertz CT molecular complexity index is 1370. The van der Waals surface area contributed by atoms with Gasteiger partial charge in [0.2, 0.25) is 10.0 Å². The van der Waals surface area contributed by atoms with Crippen molar-refractivity contribution in [3.63, 3.8) is 0 Å². The number of halogens is 1. The molecule has 0 saturated carbocycles. The van der Waals surface area contributed by atoms with Gasteiger partial charge in [-0.25, -0.2) is 13.4 Å². The van der Waals surface area contributed by atoms with Crippen LogP contribution in [-0.4, -0.2) is 116 Å². The molecule has 1 fully saturated rings. The van der Waals surface area contributed by atoms with Crippen molar-refractivity contribution in [2.75, 3.05) is 91.9 Å². The molecular weight excluding hydrogens is 604 g/mol. The van der Waals surface area contributed by atoms with Crippen LogP contribution in [0.4, 0.5) is 5.13 Å². The number of hydrogen-bond acceptors (Lipinski definition) is 10. The Morgan fingerprint density at radius 2 is 1.67 bits per heavy atom. The van der Waals surface area contributed by atoms with Gasteiger partial charge in [-0.05, 0) is 48.9 Å². The number of carbonyl (C=O) groups is 1. The molecule has 0 spiro atoms. The van der Waals surface area contributed by atoms with Crippen LogP contribution >= 0.6 is 23.7 Å². The van der Waals surface area contributed by atoms with E-state index < -0.39 is 10.0 Å². The van der Waals surface area contributed by atoms with Crippen LogP contribution in [0.2, 0.25) is 0 Å². The number of aromatic nitrogens is 1. The van der Waals surface area contributed by atoms with Crippen molar-refractivity contribution >= 4 is 55.0 Å². The van der Waals surface area contributed by atoms with Crippen LogP contribution in [0.1, 0.15) is 16.8 Å². The summed E-state index contributed by atoms with van der Waals surface area (Å²) >= 11 is 1.42. The van der Waals surface area contributed by atoms with Crippen molar-refractivity contribution in [1.82, 2.24) is 14.2 Å². The maximum atomic E-state index is 13.8. The Kier molecular flexibility index (Phi) is 13.4. The first-order valence-electron chi connectivity index (χ1n) is 13.5. The maximum absolute atomic E-state index is 13.8. The largest absolute Gasteiger partial charge is 0.497 e. The predicted molar refractivity (Wildman–Crippen MR) is 166 cm³/mol. The fourth-order valence-corrected chi connectivity index (χ4v) is 6.94. The lowest BCUT2D eigenvalue weighted by molar-refractivity contribution is 0.0376. The van der Waals surface area contributed by atoms with Gasteiger partial charge in [0.1, 0.15) is 5.75 Å². The molecule has 1 aliphatic heterocycles. The summed E-state index contributed by atoms with van der Waals surface area (Å²) in [6.45, 7) is 5.38. The second-order valence-electron chi connectivity index (χ2n) is 9.51. The van der Waals surface area contributed by atoms with Crippen molar-refractivity contribution in [2.24, 2.45) is 0 Å². The zero-order valence-electron chi connectivity index (χ0n) is 24.2. The van der Waals surface area contributed by atoms with Crippen molar-refractivity contribution in [3.05, 3.63) is 48.0 Å². The zero-order chi connectivity index (χ0) is 29.2. The van der Waals surface area contributed by atoms with E-state index in [1.807, 2.05) is 18.2 Å². The van der Waals surface area contributed by atoms with Gasteiger partial charge in [0.15, 0.2) is 5.13 Å². The van der Waals surface area contributed by atoms with E-state index >= 15 is 0 Å². The second kappa shape index (κ2) is 16.5. The molecular formula is C28H39ClN4O7S2. The average Bonchev–Trinajstić information content (AvgIpc) is 3.42. The van der Waals surface area contributed by atoms with Gasteiger partial charge < -0.3 is 18.9 Å². The molecule has 0 atom stereocenters. The van der Waals surface area contributed by atoms with E-state index in [1.54, 1.807) is 24.1 Å². The maximum Gasteiger partial charge on any atom is 0.260 e. The van der Waals surface area contributed by atoms with Crippen molar-refractivity contribution in [1.29, 1.82) is 0 Å². The molecule has 1 aliphatic rings. The van der Waals surface area contributed by atoms with E-state index in [2.05, 4.69) is 4.90 Å². The molecule has 2 heterocycles. The molecule has 0 unspecified atom stereocenters. The topological polar surface area (TPSA) is 111 Å². The second-order valence-corrected chi connectivity index (χ2v) is 12.5. The van der Waals surface area contributed by atoms with Crippen molar-refractivity contribution in [2.45, 2.75) is 11.3 Å². The summed E-state index contributed by atoms with van der Waals surface area (Å²) in [5.74, 6) is 0.484. The summed E-state index contributed by atoms with van der Waals surface area (Å²) in [7, 11) is 0.861. The number of benzene rings is 2. The van der Waals surface area contributed by atoms with E-state index in [4.69, 9.17) is 23.9 Å². The number of hydrogen-bond donors (Lipinski definition) is 0. The van der Waals surface area contributed by atoms with Crippen LogP contribution in [0.25, 0.3) is 10.2 Å². The first kappa shape index (κ1) is 34.1. The van der Waals surface area contributed by atoms with Gasteiger partial charge in [0, 0.05) is 59.1 Å². The zero-order valence-corrected chi connectivity index (χ0v) is 26.6. The third-order valence-electron chi connectivity index (χ3n) is 6.85. The Balaban J connectivity index is 0.00000484. The number of thiazole rings is 1. The number of methoxy groups -OCH3 is 3. The molecule has 232 valence electrons. The highest BCUT2D eigenvalue weighted by Crippen LogP contribution is 2.32. The molecule has 11 nitrogen and oxygen atoms in total.